The second kappa shape index (κ2) is 7.05. The van der Waals surface area contributed by atoms with Gasteiger partial charge >= 0.3 is 0 Å². The number of aryl methyl sites for hydroxylation is 4. The van der Waals surface area contributed by atoms with Crippen LogP contribution in [0.4, 0.5) is 5.82 Å². The van der Waals surface area contributed by atoms with Crippen LogP contribution in [0.2, 0.25) is 0 Å². The van der Waals surface area contributed by atoms with Crippen LogP contribution in [0.1, 0.15) is 35.4 Å². The van der Waals surface area contributed by atoms with Gasteiger partial charge in [0.05, 0.1) is 17.0 Å². The van der Waals surface area contributed by atoms with Crippen LogP contribution in [0.5, 0.6) is 0 Å². The summed E-state index contributed by atoms with van der Waals surface area (Å²) in [7, 11) is 1.79. The van der Waals surface area contributed by atoms with Gasteiger partial charge in [-0.3, -0.25) is 9.48 Å². The molecule has 2 aromatic rings. The van der Waals surface area contributed by atoms with Gasteiger partial charge in [0.2, 0.25) is 5.91 Å². The maximum absolute atomic E-state index is 12.2. The predicted octanol–water partition coefficient (Wildman–Crippen LogP) is 2.60. The summed E-state index contributed by atoms with van der Waals surface area (Å²) >= 11 is 1.31. The fraction of sp³-hybridized carbons (Fsp3) is 0.412. The van der Waals surface area contributed by atoms with E-state index in [0.717, 1.165) is 37.1 Å². The van der Waals surface area contributed by atoms with E-state index in [4.69, 9.17) is 0 Å². The molecule has 2 aromatic heterocycles. The zero-order valence-electron chi connectivity index (χ0n) is 13.8. The lowest BCUT2D eigenvalue weighted by molar-refractivity contribution is -0.113. The van der Waals surface area contributed by atoms with E-state index in [2.05, 4.69) is 21.5 Å². The normalized spacial score (nSPS) is 13.2. The molecule has 7 heteroatoms. The van der Waals surface area contributed by atoms with Crippen LogP contribution in [0, 0.1) is 18.3 Å². The lowest BCUT2D eigenvalue weighted by atomic mass is 9.95. The molecular weight excluding hydrogens is 322 g/mol. The molecule has 0 spiro atoms. The SMILES string of the molecule is Cc1cc(NC(=O)CSc2nc3c(cc2C#N)CCCC3)n(C)n1. The van der Waals surface area contributed by atoms with Gasteiger partial charge in [-0.15, -0.1) is 0 Å². The highest BCUT2D eigenvalue weighted by molar-refractivity contribution is 8.00. The molecule has 0 radical (unpaired) electrons. The zero-order chi connectivity index (χ0) is 17.1. The second-order valence-corrected chi connectivity index (χ2v) is 6.86. The van der Waals surface area contributed by atoms with E-state index in [0.29, 0.717) is 16.4 Å². The molecule has 3 rings (SSSR count). The number of carbonyl (C=O) groups is 1. The molecule has 1 aliphatic carbocycles. The Hall–Kier alpha value is -2.33. The first-order chi connectivity index (χ1) is 11.6. The van der Waals surface area contributed by atoms with Crippen molar-refractivity contribution in [3.63, 3.8) is 0 Å². The van der Waals surface area contributed by atoms with Crippen molar-refractivity contribution in [2.45, 2.75) is 37.6 Å². The lowest BCUT2D eigenvalue weighted by Gasteiger charge is -2.16. The lowest BCUT2D eigenvalue weighted by Crippen LogP contribution is -2.17. The number of hydrogen-bond acceptors (Lipinski definition) is 5. The number of aromatic nitrogens is 3. The number of hydrogen-bond donors (Lipinski definition) is 1. The first kappa shape index (κ1) is 16.5. The molecule has 0 aliphatic heterocycles. The van der Waals surface area contributed by atoms with E-state index >= 15 is 0 Å². The van der Waals surface area contributed by atoms with E-state index in [9.17, 15) is 10.1 Å². The largest absolute Gasteiger partial charge is 0.310 e. The molecule has 0 saturated heterocycles. The highest BCUT2D eigenvalue weighted by atomic mass is 32.2. The van der Waals surface area contributed by atoms with Crippen molar-refractivity contribution in [2.75, 3.05) is 11.1 Å². The van der Waals surface area contributed by atoms with E-state index < -0.39 is 0 Å². The minimum absolute atomic E-state index is 0.133. The average Bonchev–Trinajstić information content (AvgIpc) is 2.89. The summed E-state index contributed by atoms with van der Waals surface area (Å²) in [5, 5.41) is 17.0. The number of amides is 1. The van der Waals surface area contributed by atoms with Crippen molar-refractivity contribution in [3.05, 3.63) is 34.6 Å². The Labute approximate surface area is 145 Å². The van der Waals surface area contributed by atoms with Gasteiger partial charge in [-0.2, -0.15) is 10.4 Å². The van der Waals surface area contributed by atoms with Gasteiger partial charge in [0, 0.05) is 18.8 Å². The molecular formula is C17H19N5OS. The van der Waals surface area contributed by atoms with Crippen LogP contribution in [0.3, 0.4) is 0 Å². The first-order valence-electron chi connectivity index (χ1n) is 7.93. The number of rotatable bonds is 4. The number of fused-ring (bicyclic) bond motifs is 1. The molecule has 124 valence electrons. The summed E-state index contributed by atoms with van der Waals surface area (Å²) in [6, 6.07) is 5.96. The van der Waals surface area contributed by atoms with Crippen LogP contribution >= 0.6 is 11.8 Å². The number of nitrogens with zero attached hydrogens (tertiary/aromatic N) is 4. The van der Waals surface area contributed by atoms with Gasteiger partial charge < -0.3 is 5.32 Å². The maximum atomic E-state index is 12.2. The standard InChI is InChI=1S/C17H19N5OS/c1-11-7-15(22(2)21-11)20-16(23)10-24-17-13(9-18)8-12-5-3-4-6-14(12)19-17/h7-8H,3-6,10H2,1-2H3,(H,20,23). The van der Waals surface area contributed by atoms with E-state index in [1.54, 1.807) is 11.7 Å². The molecule has 2 heterocycles. The molecule has 1 aliphatic rings. The van der Waals surface area contributed by atoms with Crippen LogP contribution in [-0.2, 0) is 24.7 Å². The van der Waals surface area contributed by atoms with Crippen molar-refractivity contribution in [3.8, 4) is 6.07 Å². The number of anilines is 1. The molecule has 0 aromatic carbocycles. The number of nitriles is 1. The predicted molar refractivity (Wildman–Crippen MR) is 92.9 cm³/mol. The fourth-order valence-corrected chi connectivity index (χ4v) is 3.62. The van der Waals surface area contributed by atoms with Crippen LogP contribution in [-0.4, -0.2) is 26.4 Å². The molecule has 6 nitrogen and oxygen atoms in total. The Morgan fingerprint density at radius 1 is 1.42 bits per heavy atom. The van der Waals surface area contributed by atoms with Gasteiger partial charge in [-0.25, -0.2) is 4.98 Å². The van der Waals surface area contributed by atoms with Crippen LogP contribution in [0.25, 0.3) is 0 Å². The number of thioether (sulfide) groups is 1. The van der Waals surface area contributed by atoms with E-state index in [1.165, 1.54) is 17.3 Å². The zero-order valence-corrected chi connectivity index (χ0v) is 14.6. The van der Waals surface area contributed by atoms with Gasteiger partial charge in [0.15, 0.2) is 0 Å². The Morgan fingerprint density at radius 2 is 2.21 bits per heavy atom. The monoisotopic (exact) mass is 341 g/mol. The molecule has 0 saturated carbocycles. The molecule has 24 heavy (non-hydrogen) atoms. The second-order valence-electron chi connectivity index (χ2n) is 5.90. The third kappa shape index (κ3) is 3.60. The quantitative estimate of drug-likeness (QED) is 0.864. The van der Waals surface area contributed by atoms with Gasteiger partial charge in [-0.05, 0) is 44.2 Å². The van der Waals surface area contributed by atoms with Gasteiger partial charge in [0.25, 0.3) is 0 Å². The summed E-state index contributed by atoms with van der Waals surface area (Å²) in [6.45, 7) is 1.88. The maximum Gasteiger partial charge on any atom is 0.235 e. The van der Waals surface area contributed by atoms with Crippen molar-refractivity contribution in [1.29, 1.82) is 5.26 Å². The van der Waals surface area contributed by atoms with Crippen molar-refractivity contribution < 1.29 is 4.79 Å². The molecule has 1 amide bonds. The highest BCUT2D eigenvalue weighted by Crippen LogP contribution is 2.27. The molecule has 0 atom stereocenters. The third-order valence-corrected chi connectivity index (χ3v) is 4.99. The summed E-state index contributed by atoms with van der Waals surface area (Å²) in [4.78, 5) is 16.8. The summed E-state index contributed by atoms with van der Waals surface area (Å²) in [6.07, 6.45) is 4.23. The van der Waals surface area contributed by atoms with Gasteiger partial charge in [0.1, 0.15) is 16.9 Å². The Morgan fingerprint density at radius 3 is 2.92 bits per heavy atom. The van der Waals surface area contributed by atoms with Crippen LogP contribution in [0.15, 0.2) is 17.2 Å². The molecule has 0 unspecified atom stereocenters. The molecule has 0 fully saturated rings. The van der Waals surface area contributed by atoms with E-state index in [1.807, 2.05) is 19.1 Å². The smallest absolute Gasteiger partial charge is 0.235 e. The topological polar surface area (TPSA) is 83.6 Å². The van der Waals surface area contributed by atoms with Crippen molar-refractivity contribution in [2.24, 2.45) is 7.05 Å². The molecule has 1 N–H and O–H groups in total. The minimum atomic E-state index is -0.133. The Balaban J connectivity index is 1.69. The minimum Gasteiger partial charge on any atom is -0.310 e. The number of pyridine rings is 1. The summed E-state index contributed by atoms with van der Waals surface area (Å²) < 4.78 is 1.63. The number of nitrogens with one attached hydrogen (secondary N) is 1. The highest BCUT2D eigenvalue weighted by Gasteiger charge is 2.16. The first-order valence-corrected chi connectivity index (χ1v) is 8.91. The molecule has 0 bridgehead atoms. The third-order valence-electron chi connectivity index (χ3n) is 4.00. The summed E-state index contributed by atoms with van der Waals surface area (Å²) in [5.41, 5.74) is 3.66. The van der Waals surface area contributed by atoms with Crippen molar-refractivity contribution >= 4 is 23.5 Å². The Bertz CT molecular complexity index is 821. The van der Waals surface area contributed by atoms with Gasteiger partial charge in [-0.1, -0.05) is 11.8 Å². The number of carbonyl (C=O) groups excluding carboxylic acids is 1. The van der Waals surface area contributed by atoms with Crippen molar-refractivity contribution in [1.82, 2.24) is 14.8 Å². The summed E-state index contributed by atoms with van der Waals surface area (Å²) in [5.74, 6) is 0.744. The average molecular weight is 341 g/mol. The fourth-order valence-electron chi connectivity index (χ4n) is 2.85. The van der Waals surface area contributed by atoms with E-state index in [-0.39, 0.29) is 11.7 Å². The van der Waals surface area contributed by atoms with Crippen LogP contribution < -0.4 is 5.32 Å². The Kier molecular flexibility index (Phi) is 4.86.